The molecule has 96 heavy (non-hydrogen) atoms. The summed E-state index contributed by atoms with van der Waals surface area (Å²) in [6.45, 7) is 14.2. The van der Waals surface area contributed by atoms with Crippen LogP contribution in [-0.4, -0.2) is 96.7 Å². The van der Waals surface area contributed by atoms with Crippen molar-refractivity contribution < 1.29 is 80.2 Å². The van der Waals surface area contributed by atoms with Crippen molar-refractivity contribution in [2.24, 2.45) is 23.7 Å². The molecule has 570 valence electrons. The molecule has 0 aromatic carbocycles. The lowest BCUT2D eigenvalue weighted by Gasteiger charge is -2.21. The quantitative estimate of drug-likeness (QED) is 0.0222. The van der Waals surface area contributed by atoms with Gasteiger partial charge in [-0.3, -0.25) is 37.3 Å². The minimum atomic E-state index is -4.96. The van der Waals surface area contributed by atoms with Gasteiger partial charge in [0.1, 0.15) is 19.3 Å². The van der Waals surface area contributed by atoms with Crippen molar-refractivity contribution in [1.29, 1.82) is 0 Å². The monoisotopic (exact) mass is 1410 g/mol. The number of rotatable bonds is 74. The molecule has 0 aromatic heterocycles. The van der Waals surface area contributed by atoms with E-state index in [0.29, 0.717) is 25.7 Å². The first-order chi connectivity index (χ1) is 46.1. The molecule has 2 unspecified atom stereocenters. The third kappa shape index (κ3) is 70.5. The summed E-state index contributed by atoms with van der Waals surface area (Å²) in [7, 11) is -9.92. The van der Waals surface area contributed by atoms with Gasteiger partial charge in [-0.1, -0.05) is 338 Å². The molecule has 0 heterocycles. The second-order valence-electron chi connectivity index (χ2n) is 29.7. The van der Waals surface area contributed by atoms with Crippen molar-refractivity contribution in [2.45, 2.75) is 408 Å². The fourth-order valence-corrected chi connectivity index (χ4v) is 13.3. The first-order valence-corrected chi connectivity index (χ1v) is 42.7. The minimum Gasteiger partial charge on any atom is -0.462 e. The number of carbonyl (C=O) groups is 4. The molecule has 0 aliphatic carbocycles. The summed E-state index contributed by atoms with van der Waals surface area (Å²) in [6.07, 6.45) is 51.3. The maximum absolute atomic E-state index is 13.1. The molecule has 17 nitrogen and oxygen atoms in total. The minimum absolute atomic E-state index is 0.105. The van der Waals surface area contributed by atoms with Crippen molar-refractivity contribution in [3.63, 3.8) is 0 Å². The standard InChI is InChI=1S/C77H150O17P2/c1-67(2)53-45-37-29-21-14-12-10-9-11-13-15-26-35-43-51-59-76(81)93-72(63-87-74(79)57-49-41-33-25-18-16-22-30-38-46-54-68(3)4)65-91-95(83,84)89-61-71(78)62-90-96(85,86)92-66-73(64-88-75(80)58-50-42-34-28-20-24-32-40-48-56-70(7)8)94-77(82)60-52-44-36-27-19-17-23-31-39-47-55-69(5)6/h67-73,78H,9-66H2,1-8H3,(H,83,84)(H,85,86)/t71-,72-,73-/m1/s1. The van der Waals surface area contributed by atoms with Gasteiger partial charge in [-0.15, -0.1) is 0 Å². The maximum Gasteiger partial charge on any atom is 0.472 e. The zero-order valence-electron chi connectivity index (χ0n) is 63.0. The molecule has 3 N–H and O–H groups in total. The molecule has 19 heteroatoms. The summed E-state index contributed by atoms with van der Waals surface area (Å²) < 4.78 is 68.6. The maximum atomic E-state index is 13.1. The second kappa shape index (κ2) is 66.3. The first-order valence-electron chi connectivity index (χ1n) is 39.7. The Morgan fingerprint density at radius 1 is 0.260 bits per heavy atom. The van der Waals surface area contributed by atoms with E-state index in [1.165, 1.54) is 193 Å². The highest BCUT2D eigenvalue weighted by Gasteiger charge is 2.30. The van der Waals surface area contributed by atoms with E-state index in [9.17, 15) is 43.2 Å². The van der Waals surface area contributed by atoms with Gasteiger partial charge in [0.15, 0.2) is 12.2 Å². The van der Waals surface area contributed by atoms with Gasteiger partial charge in [-0.2, -0.15) is 0 Å². The van der Waals surface area contributed by atoms with Crippen LogP contribution in [0.25, 0.3) is 0 Å². The Bertz CT molecular complexity index is 1880. The van der Waals surface area contributed by atoms with Crippen LogP contribution in [0.15, 0.2) is 0 Å². The van der Waals surface area contributed by atoms with Crippen molar-refractivity contribution in [1.82, 2.24) is 0 Å². The van der Waals surface area contributed by atoms with Crippen LogP contribution < -0.4 is 0 Å². The molecular formula is C77H150O17P2. The van der Waals surface area contributed by atoms with E-state index in [1.54, 1.807) is 0 Å². The van der Waals surface area contributed by atoms with E-state index in [-0.39, 0.29) is 25.7 Å². The van der Waals surface area contributed by atoms with Crippen molar-refractivity contribution in [3.8, 4) is 0 Å². The molecule has 0 fully saturated rings. The zero-order valence-corrected chi connectivity index (χ0v) is 64.8. The largest absolute Gasteiger partial charge is 0.472 e. The van der Waals surface area contributed by atoms with Crippen molar-refractivity contribution in [2.75, 3.05) is 39.6 Å². The number of aliphatic hydroxyl groups is 1. The van der Waals surface area contributed by atoms with E-state index in [1.807, 2.05) is 0 Å². The summed E-state index contributed by atoms with van der Waals surface area (Å²) in [5.41, 5.74) is 0. The lowest BCUT2D eigenvalue weighted by molar-refractivity contribution is -0.161. The van der Waals surface area contributed by atoms with Gasteiger partial charge < -0.3 is 33.8 Å². The van der Waals surface area contributed by atoms with E-state index >= 15 is 0 Å². The van der Waals surface area contributed by atoms with Gasteiger partial charge in [0.05, 0.1) is 26.4 Å². The SMILES string of the molecule is CC(C)CCCCCCCCCCCCCCCCCC(=O)O[C@H](COC(=O)CCCCCCCCCCCCC(C)C)COP(=O)(O)OC[C@@H](O)COP(=O)(O)OC[C@@H](COC(=O)CCCCCCCCCCCC(C)C)OC(=O)CCCCCCCCCCCCC(C)C. The first kappa shape index (κ1) is 94.1. The number of phosphoric ester groups is 2. The summed E-state index contributed by atoms with van der Waals surface area (Å²) in [6, 6.07) is 0. The lowest BCUT2D eigenvalue weighted by atomic mass is 10.0. The molecule has 0 radical (unpaired) electrons. The van der Waals surface area contributed by atoms with Crippen LogP contribution in [0.1, 0.15) is 389 Å². The summed E-state index contributed by atoms with van der Waals surface area (Å²) >= 11 is 0. The van der Waals surface area contributed by atoms with Gasteiger partial charge in [-0.25, -0.2) is 9.13 Å². The van der Waals surface area contributed by atoms with Gasteiger partial charge in [0, 0.05) is 25.7 Å². The van der Waals surface area contributed by atoms with Gasteiger partial charge in [0.25, 0.3) is 0 Å². The summed E-state index contributed by atoms with van der Waals surface area (Å²) in [4.78, 5) is 72.9. The van der Waals surface area contributed by atoms with Crippen molar-refractivity contribution in [3.05, 3.63) is 0 Å². The number of esters is 4. The molecule has 0 aliphatic rings. The van der Waals surface area contributed by atoms with E-state index < -0.39 is 97.5 Å². The van der Waals surface area contributed by atoms with Crippen LogP contribution in [0.5, 0.6) is 0 Å². The Kier molecular flexibility index (Phi) is 65.0. The fourth-order valence-electron chi connectivity index (χ4n) is 11.7. The van der Waals surface area contributed by atoms with Gasteiger partial charge in [0.2, 0.25) is 0 Å². The second-order valence-corrected chi connectivity index (χ2v) is 32.6. The number of hydrogen-bond donors (Lipinski definition) is 3. The number of unbranched alkanes of at least 4 members (excludes halogenated alkanes) is 40. The normalized spacial score (nSPS) is 14.1. The lowest BCUT2D eigenvalue weighted by Crippen LogP contribution is -2.30. The highest BCUT2D eigenvalue weighted by Crippen LogP contribution is 2.45. The van der Waals surface area contributed by atoms with Crippen LogP contribution in [0, 0.1) is 23.7 Å². The average molecular weight is 1410 g/mol. The number of ether oxygens (including phenoxy) is 4. The Morgan fingerprint density at radius 3 is 0.646 bits per heavy atom. The summed E-state index contributed by atoms with van der Waals surface area (Å²) in [5, 5.41) is 10.6. The molecule has 0 aromatic rings. The average Bonchev–Trinajstić information content (AvgIpc) is 2.18. The summed E-state index contributed by atoms with van der Waals surface area (Å²) in [5.74, 6) is 0.938. The molecule has 5 atom stereocenters. The van der Waals surface area contributed by atoms with E-state index in [4.69, 9.17) is 37.0 Å². The fraction of sp³-hybridized carbons (Fsp3) is 0.948. The van der Waals surface area contributed by atoms with Crippen LogP contribution >= 0.6 is 15.6 Å². The van der Waals surface area contributed by atoms with Crippen LogP contribution in [0.3, 0.4) is 0 Å². The van der Waals surface area contributed by atoms with Crippen LogP contribution in [0.2, 0.25) is 0 Å². The Morgan fingerprint density at radius 2 is 0.438 bits per heavy atom. The molecule has 0 amide bonds. The molecule has 0 saturated carbocycles. The predicted molar refractivity (Wildman–Crippen MR) is 391 cm³/mol. The molecule has 0 aliphatic heterocycles. The zero-order chi connectivity index (χ0) is 71.0. The highest BCUT2D eigenvalue weighted by molar-refractivity contribution is 7.47. The molecule has 0 rings (SSSR count). The Labute approximate surface area is 588 Å². The van der Waals surface area contributed by atoms with Gasteiger partial charge >= 0.3 is 39.5 Å². The molecule has 0 bridgehead atoms. The van der Waals surface area contributed by atoms with Gasteiger partial charge in [-0.05, 0) is 49.4 Å². The topological polar surface area (TPSA) is 237 Å². The smallest absolute Gasteiger partial charge is 0.462 e. The van der Waals surface area contributed by atoms with Crippen LogP contribution in [-0.2, 0) is 65.4 Å². The number of carbonyl (C=O) groups excluding carboxylic acids is 4. The molecule has 0 saturated heterocycles. The van der Waals surface area contributed by atoms with Crippen molar-refractivity contribution >= 4 is 39.5 Å². The number of aliphatic hydroxyl groups excluding tert-OH is 1. The third-order valence-electron chi connectivity index (χ3n) is 17.8. The Balaban J connectivity index is 5.26. The Hall–Kier alpha value is -1.94. The van der Waals surface area contributed by atoms with Crippen LogP contribution in [0.4, 0.5) is 0 Å². The highest BCUT2D eigenvalue weighted by atomic mass is 31.2. The number of hydrogen-bond acceptors (Lipinski definition) is 15. The van der Waals surface area contributed by atoms with E-state index in [0.717, 1.165) is 114 Å². The molecular weight excluding hydrogens is 1260 g/mol. The molecule has 0 spiro atoms. The number of phosphoric acid groups is 2. The van der Waals surface area contributed by atoms with E-state index in [2.05, 4.69) is 55.4 Å². The third-order valence-corrected chi connectivity index (χ3v) is 19.7. The predicted octanol–water partition coefficient (Wildman–Crippen LogP) is 22.4.